The minimum Gasteiger partial charge on any atom is -0.490 e. The van der Waals surface area contributed by atoms with Gasteiger partial charge in [0.1, 0.15) is 4.90 Å². The van der Waals surface area contributed by atoms with Crippen LogP contribution in [0.3, 0.4) is 0 Å². The Labute approximate surface area is 210 Å². The zero-order chi connectivity index (χ0) is 25.6. The number of nitro benzene ring substituents is 1. The molecule has 0 spiro atoms. The second-order valence-corrected chi connectivity index (χ2v) is 9.52. The lowest BCUT2D eigenvalue weighted by Crippen LogP contribution is -2.17. The Kier molecular flexibility index (Phi) is 8.20. The molecule has 35 heavy (non-hydrogen) atoms. The molecule has 0 aliphatic heterocycles. The van der Waals surface area contributed by atoms with E-state index in [4.69, 9.17) is 8.92 Å². The number of hydrazone groups is 1. The van der Waals surface area contributed by atoms with E-state index in [1.165, 1.54) is 48.7 Å². The van der Waals surface area contributed by atoms with Gasteiger partial charge in [-0.15, -0.1) is 0 Å². The quantitative estimate of drug-likeness (QED) is 0.174. The number of nitrogens with zero attached hydrogens (tertiary/aromatic N) is 2. The fourth-order valence-electron chi connectivity index (χ4n) is 2.86. The van der Waals surface area contributed by atoms with E-state index in [9.17, 15) is 23.3 Å². The Morgan fingerprint density at radius 1 is 1.17 bits per heavy atom. The van der Waals surface area contributed by atoms with E-state index >= 15 is 0 Å². The van der Waals surface area contributed by atoms with Crippen LogP contribution in [0.15, 0.2) is 75.1 Å². The third-order valence-electron chi connectivity index (χ3n) is 4.53. The van der Waals surface area contributed by atoms with Gasteiger partial charge in [0.25, 0.3) is 11.6 Å². The third kappa shape index (κ3) is 6.64. The second kappa shape index (κ2) is 11.1. The van der Waals surface area contributed by atoms with Crippen LogP contribution in [0.5, 0.6) is 11.5 Å². The van der Waals surface area contributed by atoms with Crippen LogP contribution in [0.25, 0.3) is 0 Å². The highest BCUT2D eigenvalue weighted by molar-refractivity contribution is 9.10. The van der Waals surface area contributed by atoms with Gasteiger partial charge in [0, 0.05) is 17.7 Å². The maximum absolute atomic E-state index is 12.7. The Morgan fingerprint density at radius 2 is 1.89 bits per heavy atom. The third-order valence-corrected chi connectivity index (χ3v) is 6.36. The first-order chi connectivity index (χ1) is 16.6. The molecule has 0 saturated heterocycles. The molecule has 3 rings (SSSR count). The largest absolute Gasteiger partial charge is 0.490 e. The number of nitro groups is 1. The summed E-state index contributed by atoms with van der Waals surface area (Å²) in [6.45, 7) is 3.80. The van der Waals surface area contributed by atoms with Gasteiger partial charge in [-0.1, -0.05) is 23.8 Å². The first-order valence-corrected chi connectivity index (χ1v) is 12.4. The summed E-state index contributed by atoms with van der Waals surface area (Å²) >= 11 is 3.30. The average molecular weight is 562 g/mol. The average Bonchev–Trinajstić information content (AvgIpc) is 2.81. The van der Waals surface area contributed by atoms with Crippen molar-refractivity contribution in [2.45, 2.75) is 18.7 Å². The highest BCUT2D eigenvalue weighted by Gasteiger charge is 2.22. The van der Waals surface area contributed by atoms with Crippen LogP contribution in [0, 0.1) is 17.0 Å². The maximum Gasteiger partial charge on any atom is 0.339 e. The lowest BCUT2D eigenvalue weighted by Gasteiger charge is -2.14. The normalized spacial score (nSPS) is 11.3. The van der Waals surface area contributed by atoms with Gasteiger partial charge in [0.2, 0.25) is 0 Å². The zero-order valence-electron chi connectivity index (χ0n) is 18.6. The van der Waals surface area contributed by atoms with Crippen molar-refractivity contribution in [3.63, 3.8) is 0 Å². The standard InChI is InChI=1S/C23H20BrN3O7S/c1-3-33-21-12-16(14-25-26-23(28)17-5-4-6-18(13-17)27(29)30)11-20(24)22(21)34-35(31,32)19-9-7-15(2)8-10-19/h4-14H,3H2,1-2H3,(H,26,28)/b25-14-. The molecule has 0 unspecified atom stereocenters. The van der Waals surface area contributed by atoms with Crippen molar-refractivity contribution in [2.75, 3.05) is 6.61 Å². The van der Waals surface area contributed by atoms with E-state index in [-0.39, 0.29) is 38.7 Å². The molecule has 1 amide bonds. The van der Waals surface area contributed by atoms with Crippen molar-refractivity contribution in [1.29, 1.82) is 0 Å². The molecular formula is C23H20BrN3O7S. The first-order valence-electron chi connectivity index (χ1n) is 10.2. The van der Waals surface area contributed by atoms with Crippen LogP contribution in [0.4, 0.5) is 5.69 Å². The van der Waals surface area contributed by atoms with Crippen molar-refractivity contribution in [3.8, 4) is 11.5 Å². The molecule has 0 aliphatic rings. The van der Waals surface area contributed by atoms with E-state index in [1.807, 2.05) is 6.92 Å². The van der Waals surface area contributed by atoms with Crippen molar-refractivity contribution < 1.29 is 27.1 Å². The maximum atomic E-state index is 12.7. The lowest BCUT2D eigenvalue weighted by molar-refractivity contribution is -0.384. The van der Waals surface area contributed by atoms with Gasteiger partial charge in [0.15, 0.2) is 11.5 Å². The predicted molar refractivity (Wildman–Crippen MR) is 132 cm³/mol. The highest BCUT2D eigenvalue weighted by Crippen LogP contribution is 2.38. The van der Waals surface area contributed by atoms with E-state index in [0.29, 0.717) is 5.56 Å². The van der Waals surface area contributed by atoms with Crippen molar-refractivity contribution >= 4 is 43.9 Å². The molecule has 3 aromatic rings. The summed E-state index contributed by atoms with van der Waals surface area (Å²) in [7, 11) is -4.12. The summed E-state index contributed by atoms with van der Waals surface area (Å²) in [6.07, 6.45) is 1.31. The molecule has 1 N–H and O–H groups in total. The van der Waals surface area contributed by atoms with Crippen LogP contribution in [0.1, 0.15) is 28.4 Å². The molecule has 3 aromatic carbocycles. The van der Waals surface area contributed by atoms with E-state index in [2.05, 4.69) is 26.5 Å². The number of nitrogens with one attached hydrogen (secondary N) is 1. The smallest absolute Gasteiger partial charge is 0.339 e. The predicted octanol–water partition coefficient (Wildman–Crippen LogP) is 4.60. The summed E-state index contributed by atoms with van der Waals surface area (Å²) in [6, 6.07) is 14.5. The fraction of sp³-hybridized carbons (Fsp3) is 0.130. The van der Waals surface area contributed by atoms with Crippen molar-refractivity contribution in [1.82, 2.24) is 5.43 Å². The number of aryl methyl sites for hydroxylation is 1. The lowest BCUT2D eigenvalue weighted by atomic mass is 10.2. The van der Waals surface area contributed by atoms with Crippen LogP contribution >= 0.6 is 15.9 Å². The van der Waals surface area contributed by atoms with Gasteiger partial charge < -0.3 is 8.92 Å². The topological polar surface area (TPSA) is 137 Å². The molecule has 0 atom stereocenters. The summed E-state index contributed by atoms with van der Waals surface area (Å²) in [5, 5.41) is 14.7. The number of hydrogen-bond acceptors (Lipinski definition) is 8. The summed E-state index contributed by atoms with van der Waals surface area (Å²) in [5.41, 5.74) is 3.50. The summed E-state index contributed by atoms with van der Waals surface area (Å²) in [4.78, 5) is 22.5. The number of benzene rings is 3. The van der Waals surface area contributed by atoms with Gasteiger partial charge >= 0.3 is 10.1 Å². The van der Waals surface area contributed by atoms with E-state index in [0.717, 1.165) is 11.6 Å². The summed E-state index contributed by atoms with van der Waals surface area (Å²) < 4.78 is 36.7. The number of rotatable bonds is 9. The number of amides is 1. The minimum absolute atomic E-state index is 0.00745. The summed E-state index contributed by atoms with van der Waals surface area (Å²) in [5.74, 6) is -0.535. The van der Waals surface area contributed by atoms with Crippen LogP contribution in [-0.2, 0) is 10.1 Å². The van der Waals surface area contributed by atoms with Gasteiger partial charge in [-0.2, -0.15) is 13.5 Å². The van der Waals surface area contributed by atoms with Crippen molar-refractivity contribution in [3.05, 3.63) is 91.9 Å². The molecule has 12 heteroatoms. The van der Waals surface area contributed by atoms with Gasteiger partial charge in [-0.05, 0) is 65.7 Å². The van der Waals surface area contributed by atoms with Crippen LogP contribution in [-0.4, -0.2) is 32.1 Å². The Morgan fingerprint density at radius 3 is 2.54 bits per heavy atom. The van der Waals surface area contributed by atoms with Gasteiger partial charge in [-0.3, -0.25) is 14.9 Å². The van der Waals surface area contributed by atoms with Crippen molar-refractivity contribution in [2.24, 2.45) is 5.10 Å². The molecule has 0 aliphatic carbocycles. The Balaban J connectivity index is 1.81. The number of ether oxygens (including phenoxy) is 1. The number of hydrogen-bond donors (Lipinski definition) is 1. The number of carbonyl (C=O) groups excluding carboxylic acids is 1. The number of halogens is 1. The molecule has 0 aromatic heterocycles. The molecule has 0 saturated carbocycles. The second-order valence-electron chi connectivity index (χ2n) is 7.12. The highest BCUT2D eigenvalue weighted by atomic mass is 79.9. The molecule has 0 fully saturated rings. The molecule has 0 radical (unpaired) electrons. The molecule has 0 bridgehead atoms. The Hall–Kier alpha value is -3.77. The molecule has 182 valence electrons. The number of carbonyl (C=O) groups is 1. The monoisotopic (exact) mass is 561 g/mol. The van der Waals surface area contributed by atoms with E-state index in [1.54, 1.807) is 19.1 Å². The SMILES string of the molecule is CCOc1cc(/C=N\NC(=O)c2cccc([N+](=O)[O-])c2)cc(Br)c1OS(=O)(=O)c1ccc(C)cc1. The van der Waals surface area contributed by atoms with Gasteiger partial charge in [-0.25, -0.2) is 5.43 Å². The first kappa shape index (κ1) is 25.8. The minimum atomic E-state index is -4.12. The van der Waals surface area contributed by atoms with E-state index < -0.39 is 20.9 Å². The zero-order valence-corrected chi connectivity index (χ0v) is 21.0. The van der Waals surface area contributed by atoms with Crippen LogP contribution < -0.4 is 14.3 Å². The molecule has 10 nitrogen and oxygen atoms in total. The van der Waals surface area contributed by atoms with Crippen LogP contribution in [0.2, 0.25) is 0 Å². The Bertz CT molecular complexity index is 1390. The number of non-ortho nitro benzene ring substituents is 1. The fourth-order valence-corrected chi connectivity index (χ4v) is 4.46. The van der Waals surface area contributed by atoms with Gasteiger partial charge in [0.05, 0.1) is 22.2 Å². The molecule has 0 heterocycles. The molecular weight excluding hydrogens is 542 g/mol.